The number of carbonyl (C=O) groups is 1. The number of thiophene rings is 1. The van der Waals surface area contributed by atoms with Gasteiger partial charge in [-0.05, 0) is 38.1 Å². The van der Waals surface area contributed by atoms with Crippen molar-refractivity contribution in [2.24, 2.45) is 0 Å². The third-order valence-corrected chi connectivity index (χ3v) is 4.20. The molecule has 1 aromatic carbocycles. The standard InChI is InChI=1S/C16H20N2O2S/c1-10(9-12-8-7-11(2)21-12)18-16(19)13-5-4-6-14(17)15(13)20-3/h4-8,10H,9,17H2,1-3H3,(H,18,19). The van der Waals surface area contributed by atoms with Crippen LogP contribution in [0.1, 0.15) is 27.0 Å². The number of rotatable bonds is 5. The Morgan fingerprint density at radius 2 is 2.14 bits per heavy atom. The van der Waals surface area contributed by atoms with Gasteiger partial charge in [0, 0.05) is 22.2 Å². The summed E-state index contributed by atoms with van der Waals surface area (Å²) in [6.45, 7) is 4.07. The Morgan fingerprint density at radius 1 is 1.38 bits per heavy atom. The van der Waals surface area contributed by atoms with Crippen LogP contribution in [0.4, 0.5) is 5.69 Å². The van der Waals surface area contributed by atoms with Gasteiger partial charge in [0.25, 0.3) is 5.91 Å². The zero-order valence-electron chi connectivity index (χ0n) is 12.5. The molecule has 2 aromatic rings. The van der Waals surface area contributed by atoms with Gasteiger partial charge in [-0.15, -0.1) is 11.3 Å². The van der Waals surface area contributed by atoms with Crippen LogP contribution in [0.2, 0.25) is 0 Å². The average molecular weight is 304 g/mol. The number of benzene rings is 1. The summed E-state index contributed by atoms with van der Waals surface area (Å²) in [7, 11) is 1.51. The Morgan fingerprint density at radius 3 is 2.76 bits per heavy atom. The predicted octanol–water partition coefficient (Wildman–Crippen LogP) is 3.01. The Balaban J connectivity index is 2.05. The first-order valence-corrected chi connectivity index (χ1v) is 7.61. The second-order valence-electron chi connectivity index (χ2n) is 5.02. The summed E-state index contributed by atoms with van der Waals surface area (Å²) in [5.74, 6) is 0.258. The van der Waals surface area contributed by atoms with Crippen LogP contribution in [-0.2, 0) is 6.42 Å². The highest BCUT2D eigenvalue weighted by atomic mass is 32.1. The number of hydrogen-bond donors (Lipinski definition) is 2. The van der Waals surface area contributed by atoms with Crippen LogP contribution in [0.5, 0.6) is 5.75 Å². The van der Waals surface area contributed by atoms with Crippen molar-refractivity contribution < 1.29 is 9.53 Å². The number of methoxy groups -OCH3 is 1. The van der Waals surface area contributed by atoms with Crippen molar-refractivity contribution in [3.05, 3.63) is 45.6 Å². The normalized spacial score (nSPS) is 12.0. The summed E-state index contributed by atoms with van der Waals surface area (Å²) >= 11 is 1.75. The van der Waals surface area contributed by atoms with Crippen molar-refractivity contribution in [1.82, 2.24) is 5.32 Å². The summed E-state index contributed by atoms with van der Waals surface area (Å²) < 4.78 is 5.22. The lowest BCUT2D eigenvalue weighted by molar-refractivity contribution is 0.0937. The lowest BCUT2D eigenvalue weighted by atomic mass is 10.1. The monoisotopic (exact) mass is 304 g/mol. The molecule has 0 saturated heterocycles. The smallest absolute Gasteiger partial charge is 0.255 e. The highest BCUT2D eigenvalue weighted by Gasteiger charge is 2.16. The number of nitrogens with two attached hydrogens (primary N) is 1. The maximum absolute atomic E-state index is 12.3. The van der Waals surface area contributed by atoms with Crippen LogP contribution < -0.4 is 15.8 Å². The van der Waals surface area contributed by atoms with E-state index in [4.69, 9.17) is 10.5 Å². The molecule has 1 heterocycles. The molecule has 0 fully saturated rings. The summed E-state index contributed by atoms with van der Waals surface area (Å²) in [5, 5.41) is 2.99. The molecule has 4 nitrogen and oxygen atoms in total. The zero-order chi connectivity index (χ0) is 15.4. The molecule has 0 bridgehead atoms. The van der Waals surface area contributed by atoms with E-state index in [0.29, 0.717) is 17.0 Å². The predicted molar refractivity (Wildman–Crippen MR) is 87.1 cm³/mol. The van der Waals surface area contributed by atoms with Crippen LogP contribution in [0, 0.1) is 6.92 Å². The molecular formula is C16H20N2O2S. The largest absolute Gasteiger partial charge is 0.494 e. The fraction of sp³-hybridized carbons (Fsp3) is 0.312. The molecule has 112 valence electrons. The molecule has 0 aliphatic heterocycles. The molecule has 5 heteroatoms. The van der Waals surface area contributed by atoms with Crippen LogP contribution in [0.25, 0.3) is 0 Å². The van der Waals surface area contributed by atoms with Gasteiger partial charge in [-0.25, -0.2) is 0 Å². The first kappa shape index (κ1) is 15.4. The fourth-order valence-electron chi connectivity index (χ4n) is 2.21. The highest BCUT2D eigenvalue weighted by Crippen LogP contribution is 2.26. The van der Waals surface area contributed by atoms with Gasteiger partial charge in [0.05, 0.1) is 18.4 Å². The van der Waals surface area contributed by atoms with E-state index in [2.05, 4.69) is 24.4 Å². The average Bonchev–Trinajstić information content (AvgIpc) is 2.83. The molecule has 1 atom stereocenters. The Bertz CT molecular complexity index is 637. The number of aryl methyl sites for hydroxylation is 1. The van der Waals surface area contributed by atoms with E-state index >= 15 is 0 Å². The minimum Gasteiger partial charge on any atom is -0.494 e. The molecule has 0 aliphatic rings. The Labute approximate surface area is 128 Å². The van der Waals surface area contributed by atoms with Crippen LogP contribution >= 0.6 is 11.3 Å². The van der Waals surface area contributed by atoms with Gasteiger partial charge in [0.15, 0.2) is 5.75 Å². The van der Waals surface area contributed by atoms with E-state index in [9.17, 15) is 4.79 Å². The lowest BCUT2D eigenvalue weighted by Crippen LogP contribution is -2.34. The van der Waals surface area contributed by atoms with Gasteiger partial charge in [-0.1, -0.05) is 6.07 Å². The number of ether oxygens (including phenoxy) is 1. The summed E-state index contributed by atoms with van der Waals surface area (Å²) in [6.07, 6.45) is 0.814. The van der Waals surface area contributed by atoms with Gasteiger partial charge >= 0.3 is 0 Å². The molecule has 0 aliphatic carbocycles. The summed E-state index contributed by atoms with van der Waals surface area (Å²) in [4.78, 5) is 14.9. The quantitative estimate of drug-likeness (QED) is 0.835. The number of carbonyl (C=O) groups excluding carboxylic acids is 1. The van der Waals surface area contributed by atoms with Crippen LogP contribution in [0.3, 0.4) is 0 Å². The van der Waals surface area contributed by atoms with Crippen molar-refractivity contribution in [3.63, 3.8) is 0 Å². The van der Waals surface area contributed by atoms with Crippen LogP contribution in [-0.4, -0.2) is 19.1 Å². The molecule has 0 spiro atoms. The molecule has 1 amide bonds. The number of nitrogens with one attached hydrogen (secondary N) is 1. The first-order valence-electron chi connectivity index (χ1n) is 6.80. The van der Waals surface area contributed by atoms with Gasteiger partial charge < -0.3 is 15.8 Å². The van der Waals surface area contributed by atoms with E-state index < -0.39 is 0 Å². The van der Waals surface area contributed by atoms with E-state index in [1.165, 1.54) is 16.9 Å². The van der Waals surface area contributed by atoms with Crippen LogP contribution in [0.15, 0.2) is 30.3 Å². The molecule has 1 aromatic heterocycles. The minimum absolute atomic E-state index is 0.0432. The van der Waals surface area contributed by atoms with Crippen molar-refractivity contribution in [1.29, 1.82) is 0 Å². The minimum atomic E-state index is -0.167. The van der Waals surface area contributed by atoms with Gasteiger partial charge in [0.2, 0.25) is 0 Å². The van der Waals surface area contributed by atoms with Crippen molar-refractivity contribution in [3.8, 4) is 5.75 Å². The molecule has 21 heavy (non-hydrogen) atoms. The maximum Gasteiger partial charge on any atom is 0.255 e. The molecule has 0 radical (unpaired) electrons. The lowest BCUT2D eigenvalue weighted by Gasteiger charge is -2.15. The van der Waals surface area contributed by atoms with Crippen molar-refractivity contribution in [2.45, 2.75) is 26.3 Å². The Hall–Kier alpha value is -2.01. The fourth-order valence-corrected chi connectivity index (χ4v) is 3.23. The number of nitrogen functional groups attached to an aromatic ring is 1. The molecule has 0 saturated carbocycles. The topological polar surface area (TPSA) is 64.3 Å². The number of amides is 1. The number of hydrogen-bond acceptors (Lipinski definition) is 4. The number of anilines is 1. The van der Waals surface area contributed by atoms with Gasteiger partial charge in [-0.2, -0.15) is 0 Å². The molecule has 1 unspecified atom stereocenters. The second kappa shape index (κ2) is 6.63. The first-order chi connectivity index (χ1) is 10.0. The maximum atomic E-state index is 12.3. The molecule has 2 rings (SSSR count). The zero-order valence-corrected chi connectivity index (χ0v) is 13.3. The third-order valence-electron chi connectivity index (χ3n) is 3.18. The van der Waals surface area contributed by atoms with E-state index in [-0.39, 0.29) is 11.9 Å². The van der Waals surface area contributed by atoms with Crippen molar-refractivity contribution in [2.75, 3.05) is 12.8 Å². The van der Waals surface area contributed by atoms with Gasteiger partial charge in [-0.3, -0.25) is 4.79 Å². The van der Waals surface area contributed by atoms with Crippen molar-refractivity contribution >= 4 is 22.9 Å². The van der Waals surface area contributed by atoms with E-state index in [1.807, 2.05) is 6.92 Å². The van der Waals surface area contributed by atoms with E-state index in [0.717, 1.165) is 6.42 Å². The SMILES string of the molecule is COc1c(N)cccc1C(=O)NC(C)Cc1ccc(C)s1. The summed E-state index contributed by atoms with van der Waals surface area (Å²) in [6, 6.07) is 9.42. The highest BCUT2D eigenvalue weighted by molar-refractivity contribution is 7.11. The number of para-hydroxylation sites is 1. The third kappa shape index (κ3) is 3.76. The van der Waals surface area contributed by atoms with E-state index in [1.54, 1.807) is 29.5 Å². The molecular weight excluding hydrogens is 284 g/mol. The summed E-state index contributed by atoms with van der Waals surface area (Å²) in [5.41, 5.74) is 6.75. The second-order valence-corrected chi connectivity index (χ2v) is 6.39. The van der Waals surface area contributed by atoms with Gasteiger partial charge in [0.1, 0.15) is 0 Å². The Kier molecular flexibility index (Phi) is 4.85. The molecule has 3 N–H and O–H groups in total.